The van der Waals surface area contributed by atoms with E-state index in [0.29, 0.717) is 12.1 Å². The van der Waals surface area contributed by atoms with E-state index < -0.39 is 0 Å². The fourth-order valence-electron chi connectivity index (χ4n) is 2.80. The van der Waals surface area contributed by atoms with Gasteiger partial charge in [0.2, 0.25) is 0 Å². The summed E-state index contributed by atoms with van der Waals surface area (Å²) in [6.07, 6.45) is 7.71. The lowest BCUT2D eigenvalue weighted by Crippen LogP contribution is -2.31. The summed E-state index contributed by atoms with van der Waals surface area (Å²) in [6, 6.07) is 8.93. The van der Waals surface area contributed by atoms with Crippen molar-refractivity contribution in [3.63, 3.8) is 0 Å². The number of nitrogens with one attached hydrogen (secondary N) is 1. The Morgan fingerprint density at radius 2 is 2.10 bits per heavy atom. The van der Waals surface area contributed by atoms with Crippen molar-refractivity contribution < 1.29 is 9.47 Å². The Kier molecular flexibility index (Phi) is 7.04. The predicted molar refractivity (Wildman–Crippen MR) is 87.0 cm³/mol. The van der Waals surface area contributed by atoms with E-state index in [1.165, 1.54) is 24.8 Å². The van der Waals surface area contributed by atoms with Gasteiger partial charge in [-0.3, -0.25) is 0 Å². The molecule has 2 atom stereocenters. The van der Waals surface area contributed by atoms with E-state index in [1.807, 2.05) is 12.1 Å². The SMILES string of the molecule is COc1ccc(CCC(C)NCCC2CCCCO2)cc1. The molecule has 1 heterocycles. The van der Waals surface area contributed by atoms with Crippen molar-refractivity contribution in [2.75, 3.05) is 20.3 Å². The van der Waals surface area contributed by atoms with Crippen LogP contribution >= 0.6 is 0 Å². The molecule has 1 aromatic carbocycles. The number of hydrogen-bond acceptors (Lipinski definition) is 3. The van der Waals surface area contributed by atoms with Crippen LogP contribution in [0, 0.1) is 0 Å². The van der Waals surface area contributed by atoms with Gasteiger partial charge in [-0.15, -0.1) is 0 Å². The molecular formula is C18H29NO2. The van der Waals surface area contributed by atoms with E-state index in [2.05, 4.69) is 24.4 Å². The van der Waals surface area contributed by atoms with Gasteiger partial charge in [0.25, 0.3) is 0 Å². The minimum atomic E-state index is 0.486. The summed E-state index contributed by atoms with van der Waals surface area (Å²) < 4.78 is 10.9. The average molecular weight is 291 g/mol. The summed E-state index contributed by atoms with van der Waals surface area (Å²) in [5.74, 6) is 0.928. The molecule has 2 unspecified atom stereocenters. The van der Waals surface area contributed by atoms with Crippen molar-refractivity contribution in [1.82, 2.24) is 5.32 Å². The van der Waals surface area contributed by atoms with Crippen LogP contribution in [0.2, 0.25) is 0 Å². The molecule has 0 saturated carbocycles. The predicted octanol–water partition coefficient (Wildman–Crippen LogP) is 3.57. The van der Waals surface area contributed by atoms with Crippen molar-refractivity contribution in [3.05, 3.63) is 29.8 Å². The molecule has 1 aromatic rings. The Morgan fingerprint density at radius 1 is 1.29 bits per heavy atom. The van der Waals surface area contributed by atoms with Crippen LogP contribution in [-0.2, 0) is 11.2 Å². The van der Waals surface area contributed by atoms with Gasteiger partial charge in [-0.05, 0) is 69.7 Å². The molecule has 0 radical (unpaired) electrons. The minimum Gasteiger partial charge on any atom is -0.497 e. The highest BCUT2D eigenvalue weighted by molar-refractivity contribution is 5.27. The second-order valence-electron chi connectivity index (χ2n) is 6.02. The molecule has 3 heteroatoms. The lowest BCUT2D eigenvalue weighted by Gasteiger charge is -2.23. The fraction of sp³-hybridized carbons (Fsp3) is 0.667. The number of benzene rings is 1. The van der Waals surface area contributed by atoms with Gasteiger partial charge in [-0.25, -0.2) is 0 Å². The van der Waals surface area contributed by atoms with E-state index in [1.54, 1.807) is 7.11 Å². The molecule has 118 valence electrons. The maximum absolute atomic E-state index is 5.76. The van der Waals surface area contributed by atoms with Gasteiger partial charge in [0.1, 0.15) is 5.75 Å². The van der Waals surface area contributed by atoms with Crippen LogP contribution in [0.5, 0.6) is 5.75 Å². The second-order valence-corrected chi connectivity index (χ2v) is 6.02. The summed E-state index contributed by atoms with van der Waals surface area (Å²) in [7, 11) is 1.71. The van der Waals surface area contributed by atoms with Gasteiger partial charge in [-0.2, -0.15) is 0 Å². The number of ether oxygens (including phenoxy) is 2. The molecule has 0 bridgehead atoms. The van der Waals surface area contributed by atoms with Crippen LogP contribution in [0.25, 0.3) is 0 Å². The first-order valence-corrected chi connectivity index (χ1v) is 8.26. The highest BCUT2D eigenvalue weighted by Gasteiger charge is 2.13. The summed E-state index contributed by atoms with van der Waals surface area (Å²) in [5.41, 5.74) is 1.38. The Labute approximate surface area is 129 Å². The van der Waals surface area contributed by atoms with Gasteiger partial charge in [-0.1, -0.05) is 12.1 Å². The Morgan fingerprint density at radius 3 is 2.76 bits per heavy atom. The molecule has 0 aromatic heterocycles. The first-order chi connectivity index (χ1) is 10.3. The molecule has 21 heavy (non-hydrogen) atoms. The molecule has 0 aliphatic carbocycles. The smallest absolute Gasteiger partial charge is 0.118 e. The summed E-state index contributed by atoms with van der Waals surface area (Å²) in [5, 5.41) is 3.62. The highest BCUT2D eigenvalue weighted by atomic mass is 16.5. The van der Waals surface area contributed by atoms with Crippen LogP contribution in [0.1, 0.15) is 44.6 Å². The van der Waals surface area contributed by atoms with E-state index in [-0.39, 0.29) is 0 Å². The molecule has 1 aliphatic heterocycles. The quantitative estimate of drug-likeness (QED) is 0.794. The molecule has 2 rings (SSSR count). The number of hydrogen-bond donors (Lipinski definition) is 1. The van der Waals surface area contributed by atoms with Crippen LogP contribution < -0.4 is 10.1 Å². The van der Waals surface area contributed by atoms with Gasteiger partial charge < -0.3 is 14.8 Å². The lowest BCUT2D eigenvalue weighted by atomic mass is 10.0. The molecule has 1 aliphatic rings. The molecule has 0 amide bonds. The van der Waals surface area contributed by atoms with Crippen LogP contribution in [0.15, 0.2) is 24.3 Å². The Bertz CT molecular complexity index is 385. The second kappa shape index (κ2) is 9.06. The third-order valence-electron chi connectivity index (χ3n) is 4.26. The highest BCUT2D eigenvalue weighted by Crippen LogP contribution is 2.15. The largest absolute Gasteiger partial charge is 0.497 e. The van der Waals surface area contributed by atoms with Crippen molar-refractivity contribution in [1.29, 1.82) is 0 Å². The molecular weight excluding hydrogens is 262 g/mol. The zero-order valence-electron chi connectivity index (χ0n) is 13.4. The number of rotatable bonds is 8. The Balaban J connectivity index is 1.59. The van der Waals surface area contributed by atoms with E-state index in [9.17, 15) is 0 Å². The summed E-state index contributed by atoms with van der Waals surface area (Å²) in [4.78, 5) is 0. The third kappa shape index (κ3) is 6.06. The van der Waals surface area contributed by atoms with Gasteiger partial charge in [0.15, 0.2) is 0 Å². The van der Waals surface area contributed by atoms with Crippen LogP contribution in [-0.4, -0.2) is 32.4 Å². The minimum absolute atomic E-state index is 0.486. The molecule has 3 nitrogen and oxygen atoms in total. The maximum atomic E-state index is 5.76. The van der Waals surface area contributed by atoms with Gasteiger partial charge in [0.05, 0.1) is 13.2 Å². The summed E-state index contributed by atoms with van der Waals surface area (Å²) in [6.45, 7) is 4.29. The van der Waals surface area contributed by atoms with Crippen molar-refractivity contribution in [3.8, 4) is 5.75 Å². The first-order valence-electron chi connectivity index (χ1n) is 8.26. The third-order valence-corrected chi connectivity index (χ3v) is 4.26. The maximum Gasteiger partial charge on any atom is 0.118 e. The lowest BCUT2D eigenvalue weighted by molar-refractivity contribution is 0.0112. The van der Waals surface area contributed by atoms with Gasteiger partial charge >= 0.3 is 0 Å². The molecule has 0 spiro atoms. The number of methoxy groups -OCH3 is 1. The Hall–Kier alpha value is -1.06. The first kappa shape index (κ1) is 16.3. The topological polar surface area (TPSA) is 30.5 Å². The zero-order valence-corrected chi connectivity index (χ0v) is 13.4. The monoisotopic (exact) mass is 291 g/mol. The molecule has 1 saturated heterocycles. The van der Waals surface area contributed by atoms with E-state index in [0.717, 1.165) is 38.2 Å². The van der Waals surface area contributed by atoms with E-state index in [4.69, 9.17) is 9.47 Å². The fourth-order valence-corrected chi connectivity index (χ4v) is 2.80. The number of aryl methyl sites for hydroxylation is 1. The van der Waals surface area contributed by atoms with E-state index >= 15 is 0 Å². The van der Waals surface area contributed by atoms with Crippen LogP contribution in [0.4, 0.5) is 0 Å². The molecule has 1 N–H and O–H groups in total. The van der Waals surface area contributed by atoms with Crippen molar-refractivity contribution in [2.24, 2.45) is 0 Å². The normalized spacial score (nSPS) is 20.2. The van der Waals surface area contributed by atoms with Crippen molar-refractivity contribution >= 4 is 0 Å². The van der Waals surface area contributed by atoms with Crippen molar-refractivity contribution in [2.45, 2.75) is 57.6 Å². The van der Waals surface area contributed by atoms with Gasteiger partial charge in [0, 0.05) is 12.6 Å². The zero-order chi connectivity index (χ0) is 14.9. The summed E-state index contributed by atoms with van der Waals surface area (Å²) >= 11 is 0. The molecule has 1 fully saturated rings. The average Bonchev–Trinajstić information content (AvgIpc) is 2.54. The van der Waals surface area contributed by atoms with Crippen LogP contribution in [0.3, 0.4) is 0 Å². The standard InChI is InChI=1S/C18H29NO2/c1-15(19-13-12-18-5-3-4-14-21-18)6-7-16-8-10-17(20-2)11-9-16/h8-11,15,18-19H,3-7,12-14H2,1-2H3.